The molecule has 13 heavy (non-hydrogen) atoms. The highest BCUT2D eigenvalue weighted by atomic mass is 32.1. The van der Waals surface area contributed by atoms with Gasteiger partial charge in [0.25, 0.3) is 0 Å². The molecule has 1 aliphatic heterocycles. The lowest BCUT2D eigenvalue weighted by Crippen LogP contribution is -2.25. The summed E-state index contributed by atoms with van der Waals surface area (Å²) in [5.74, 6) is 1.00. The molecule has 1 aromatic rings. The fourth-order valence-corrected chi connectivity index (χ4v) is 2.30. The van der Waals surface area contributed by atoms with Gasteiger partial charge in [-0.3, -0.25) is 5.43 Å². The Hall–Kier alpha value is -1.10. The number of hydrogen-bond donors (Lipinski definition) is 1. The van der Waals surface area contributed by atoms with Gasteiger partial charge in [-0.05, 0) is 13.8 Å². The summed E-state index contributed by atoms with van der Waals surface area (Å²) in [5, 5.41) is 5.32. The van der Waals surface area contributed by atoms with Gasteiger partial charge in [0, 0.05) is 7.05 Å². The molecule has 4 nitrogen and oxygen atoms in total. The van der Waals surface area contributed by atoms with Crippen molar-refractivity contribution in [2.24, 2.45) is 5.10 Å². The minimum absolute atomic E-state index is 0.783. The van der Waals surface area contributed by atoms with E-state index in [0.717, 1.165) is 23.2 Å². The number of rotatable bonds is 1. The van der Waals surface area contributed by atoms with Crippen molar-refractivity contribution in [1.82, 2.24) is 15.3 Å². The lowest BCUT2D eigenvalue weighted by Gasteiger charge is -2.10. The van der Waals surface area contributed by atoms with Crippen LogP contribution in [-0.2, 0) is 0 Å². The van der Waals surface area contributed by atoms with E-state index < -0.39 is 0 Å². The molecule has 5 heteroatoms. The second-order valence-electron chi connectivity index (χ2n) is 3.10. The molecular weight excluding hydrogens is 184 g/mol. The molecule has 0 saturated heterocycles. The van der Waals surface area contributed by atoms with Crippen LogP contribution in [0.1, 0.15) is 15.6 Å². The largest absolute Gasteiger partial charge is 0.338 e. The molecule has 0 spiro atoms. The predicted octanol–water partition coefficient (Wildman–Crippen LogP) is 0.914. The normalized spacial score (nSPS) is 15.9. The van der Waals surface area contributed by atoms with Gasteiger partial charge in [-0.25, -0.2) is 4.98 Å². The summed E-state index contributed by atoms with van der Waals surface area (Å²) in [6.07, 6.45) is 0. The Kier molecular flexibility index (Phi) is 1.95. The highest BCUT2D eigenvalue weighted by Crippen LogP contribution is 2.20. The van der Waals surface area contributed by atoms with E-state index in [2.05, 4.69) is 20.4 Å². The Morgan fingerprint density at radius 2 is 2.23 bits per heavy atom. The quantitative estimate of drug-likeness (QED) is 0.726. The van der Waals surface area contributed by atoms with Crippen LogP contribution in [0.3, 0.4) is 0 Å². The lowest BCUT2D eigenvalue weighted by atomic mass is 10.3. The van der Waals surface area contributed by atoms with Crippen molar-refractivity contribution in [3.05, 3.63) is 15.6 Å². The first-order valence-corrected chi connectivity index (χ1v) is 4.96. The Balaban J connectivity index is 2.40. The van der Waals surface area contributed by atoms with E-state index in [1.807, 2.05) is 20.9 Å². The lowest BCUT2D eigenvalue weighted by molar-refractivity contribution is 0.507. The monoisotopic (exact) mass is 196 g/mol. The standard InChI is InChI=1S/C8H12N4S/c1-5-7(13-6(2)10-5)8-11-9-4-12(8)3/h9H,4H2,1-3H3. The maximum absolute atomic E-state index is 4.37. The van der Waals surface area contributed by atoms with Crippen molar-refractivity contribution in [2.45, 2.75) is 13.8 Å². The van der Waals surface area contributed by atoms with Gasteiger partial charge in [0.1, 0.15) is 6.67 Å². The van der Waals surface area contributed by atoms with E-state index in [0.29, 0.717) is 0 Å². The van der Waals surface area contributed by atoms with Gasteiger partial charge in [0.2, 0.25) is 0 Å². The number of thiazole rings is 1. The van der Waals surface area contributed by atoms with Crippen LogP contribution >= 0.6 is 11.3 Å². The summed E-state index contributed by atoms with van der Waals surface area (Å²) >= 11 is 1.69. The minimum Gasteiger partial charge on any atom is -0.338 e. The van der Waals surface area contributed by atoms with E-state index in [-0.39, 0.29) is 0 Å². The van der Waals surface area contributed by atoms with Crippen LogP contribution in [0.5, 0.6) is 0 Å². The number of amidine groups is 1. The second-order valence-corrected chi connectivity index (χ2v) is 4.30. The molecule has 1 N–H and O–H groups in total. The van der Waals surface area contributed by atoms with E-state index in [1.165, 1.54) is 4.88 Å². The van der Waals surface area contributed by atoms with Gasteiger partial charge in [-0.15, -0.1) is 11.3 Å². The van der Waals surface area contributed by atoms with Crippen molar-refractivity contribution < 1.29 is 0 Å². The van der Waals surface area contributed by atoms with Crippen LogP contribution in [0.2, 0.25) is 0 Å². The molecule has 1 aromatic heterocycles. The van der Waals surface area contributed by atoms with Gasteiger partial charge in [-0.1, -0.05) is 0 Å². The van der Waals surface area contributed by atoms with Crippen molar-refractivity contribution >= 4 is 17.2 Å². The summed E-state index contributed by atoms with van der Waals surface area (Å²) < 4.78 is 0. The number of nitrogens with zero attached hydrogens (tertiary/aromatic N) is 3. The number of aromatic nitrogens is 1. The first-order chi connectivity index (χ1) is 6.18. The average Bonchev–Trinajstić information content (AvgIpc) is 2.58. The van der Waals surface area contributed by atoms with Crippen LogP contribution in [-0.4, -0.2) is 29.4 Å². The Bertz CT molecular complexity index is 355. The van der Waals surface area contributed by atoms with Crippen LogP contribution < -0.4 is 5.43 Å². The average molecular weight is 196 g/mol. The molecule has 0 aromatic carbocycles. The number of nitrogens with one attached hydrogen (secondary N) is 1. The summed E-state index contributed by atoms with van der Waals surface area (Å²) in [4.78, 5) is 7.63. The number of hydrazone groups is 1. The zero-order valence-electron chi connectivity index (χ0n) is 7.96. The predicted molar refractivity (Wildman–Crippen MR) is 53.9 cm³/mol. The minimum atomic E-state index is 0.783. The zero-order valence-corrected chi connectivity index (χ0v) is 8.77. The summed E-state index contributed by atoms with van der Waals surface area (Å²) in [6.45, 7) is 4.82. The molecule has 2 heterocycles. The molecule has 70 valence electrons. The fraction of sp³-hybridized carbons (Fsp3) is 0.500. The van der Waals surface area contributed by atoms with Gasteiger partial charge < -0.3 is 4.90 Å². The van der Waals surface area contributed by atoms with Gasteiger partial charge in [0.05, 0.1) is 15.6 Å². The SMILES string of the molecule is Cc1nc(C)c(C2=NNCN2C)s1. The highest BCUT2D eigenvalue weighted by molar-refractivity contribution is 7.13. The van der Waals surface area contributed by atoms with Crippen LogP contribution in [0.15, 0.2) is 5.10 Å². The molecule has 0 fully saturated rings. The molecule has 0 unspecified atom stereocenters. The van der Waals surface area contributed by atoms with E-state index in [9.17, 15) is 0 Å². The van der Waals surface area contributed by atoms with Crippen molar-refractivity contribution in [1.29, 1.82) is 0 Å². The zero-order chi connectivity index (χ0) is 9.42. The molecule has 2 rings (SSSR count). The van der Waals surface area contributed by atoms with Crippen LogP contribution in [0, 0.1) is 13.8 Å². The van der Waals surface area contributed by atoms with E-state index >= 15 is 0 Å². The molecule has 0 bridgehead atoms. The Morgan fingerprint density at radius 1 is 1.46 bits per heavy atom. The van der Waals surface area contributed by atoms with E-state index in [1.54, 1.807) is 11.3 Å². The van der Waals surface area contributed by atoms with Gasteiger partial charge in [-0.2, -0.15) is 5.10 Å². The topological polar surface area (TPSA) is 40.5 Å². The van der Waals surface area contributed by atoms with Crippen molar-refractivity contribution in [3.8, 4) is 0 Å². The molecule has 0 atom stereocenters. The fourth-order valence-electron chi connectivity index (χ4n) is 1.34. The van der Waals surface area contributed by atoms with E-state index in [4.69, 9.17) is 0 Å². The van der Waals surface area contributed by atoms with Crippen molar-refractivity contribution in [3.63, 3.8) is 0 Å². The number of hydrogen-bond acceptors (Lipinski definition) is 5. The third kappa shape index (κ3) is 1.39. The first kappa shape index (κ1) is 8.50. The van der Waals surface area contributed by atoms with Crippen LogP contribution in [0.4, 0.5) is 0 Å². The maximum Gasteiger partial charge on any atom is 0.169 e. The third-order valence-corrected chi connectivity index (χ3v) is 3.03. The molecule has 0 radical (unpaired) electrons. The smallest absolute Gasteiger partial charge is 0.169 e. The van der Waals surface area contributed by atoms with Gasteiger partial charge >= 0.3 is 0 Å². The molecule has 0 saturated carbocycles. The molecule has 0 amide bonds. The first-order valence-electron chi connectivity index (χ1n) is 4.14. The summed E-state index contributed by atoms with van der Waals surface area (Å²) in [6, 6.07) is 0. The molecule has 0 aliphatic carbocycles. The molecule has 1 aliphatic rings. The Labute approximate surface area is 81.3 Å². The van der Waals surface area contributed by atoms with Gasteiger partial charge in [0.15, 0.2) is 5.84 Å². The Morgan fingerprint density at radius 3 is 2.69 bits per heavy atom. The highest BCUT2D eigenvalue weighted by Gasteiger charge is 2.19. The maximum atomic E-state index is 4.37. The van der Waals surface area contributed by atoms with Crippen molar-refractivity contribution in [2.75, 3.05) is 13.7 Å². The molecular formula is C8H12N4S. The summed E-state index contributed by atoms with van der Waals surface area (Å²) in [5.41, 5.74) is 4.02. The summed E-state index contributed by atoms with van der Waals surface area (Å²) in [7, 11) is 2.02. The van der Waals surface area contributed by atoms with Crippen LogP contribution in [0.25, 0.3) is 0 Å². The number of aryl methyl sites for hydroxylation is 2. The second kappa shape index (κ2) is 2.99. The third-order valence-electron chi connectivity index (χ3n) is 1.96.